The summed E-state index contributed by atoms with van der Waals surface area (Å²) in [4.78, 5) is 12.2. The van der Waals surface area contributed by atoms with Crippen LogP contribution < -0.4 is 10.1 Å². The van der Waals surface area contributed by atoms with E-state index in [1.54, 1.807) is 13.2 Å². The minimum atomic E-state index is -0.426. The summed E-state index contributed by atoms with van der Waals surface area (Å²) in [7, 11) is 1.55. The van der Waals surface area contributed by atoms with Crippen LogP contribution in [0.2, 0.25) is 0 Å². The smallest absolute Gasteiger partial charge is 0.262 e. The van der Waals surface area contributed by atoms with Crippen LogP contribution in [0, 0.1) is 11.3 Å². The Hall–Kier alpha value is -2.84. The summed E-state index contributed by atoms with van der Waals surface area (Å²) in [6, 6.07) is 13.6. The average Bonchev–Trinajstić information content (AvgIpc) is 2.61. The van der Waals surface area contributed by atoms with Crippen LogP contribution in [0.25, 0.3) is 16.8 Å². The molecule has 1 amide bonds. The highest BCUT2D eigenvalue weighted by Gasteiger charge is 2.12. The number of ether oxygens (including phenoxy) is 2. The summed E-state index contributed by atoms with van der Waals surface area (Å²) in [5, 5.41) is 14.0. The quantitative estimate of drug-likeness (QED) is 0.483. The van der Waals surface area contributed by atoms with Crippen molar-refractivity contribution in [3.8, 4) is 11.8 Å². The van der Waals surface area contributed by atoms with Gasteiger partial charge in [0.15, 0.2) is 0 Å². The zero-order chi connectivity index (χ0) is 17.4. The fourth-order valence-corrected chi connectivity index (χ4v) is 2.36. The molecule has 0 saturated carbocycles. The third-order valence-corrected chi connectivity index (χ3v) is 3.48. The van der Waals surface area contributed by atoms with Crippen LogP contribution in [0.4, 0.5) is 0 Å². The molecule has 0 aliphatic heterocycles. The zero-order valence-corrected chi connectivity index (χ0v) is 13.8. The lowest BCUT2D eigenvalue weighted by molar-refractivity contribution is -0.117. The van der Waals surface area contributed by atoms with Crippen molar-refractivity contribution in [3.63, 3.8) is 0 Å². The van der Waals surface area contributed by atoms with Crippen LogP contribution in [-0.2, 0) is 9.53 Å². The van der Waals surface area contributed by atoms with E-state index in [9.17, 15) is 10.1 Å². The molecule has 24 heavy (non-hydrogen) atoms. The van der Waals surface area contributed by atoms with Crippen molar-refractivity contribution in [2.24, 2.45) is 0 Å². The number of nitrogens with one attached hydrogen (secondary N) is 1. The average molecular weight is 324 g/mol. The predicted molar refractivity (Wildman–Crippen MR) is 93.6 cm³/mol. The van der Waals surface area contributed by atoms with Gasteiger partial charge in [0.1, 0.15) is 17.4 Å². The first-order valence-electron chi connectivity index (χ1n) is 7.74. The summed E-state index contributed by atoms with van der Waals surface area (Å²) < 4.78 is 10.6. The zero-order valence-electron chi connectivity index (χ0n) is 13.8. The SMILES string of the molecule is CCOc1ccc2ccccc2c1C=C(C#N)C(=O)NCCOC. The van der Waals surface area contributed by atoms with Crippen LogP contribution in [0.5, 0.6) is 5.75 Å². The van der Waals surface area contributed by atoms with Gasteiger partial charge in [-0.1, -0.05) is 30.3 Å². The Labute approximate surface area is 141 Å². The van der Waals surface area contributed by atoms with Gasteiger partial charge in [0, 0.05) is 19.2 Å². The van der Waals surface area contributed by atoms with Crippen LogP contribution in [0.1, 0.15) is 12.5 Å². The Bertz CT molecular complexity index is 791. The van der Waals surface area contributed by atoms with Gasteiger partial charge in [0.05, 0.1) is 13.2 Å². The minimum absolute atomic E-state index is 0.0309. The van der Waals surface area contributed by atoms with E-state index >= 15 is 0 Å². The molecule has 0 aliphatic carbocycles. The molecule has 1 N–H and O–H groups in total. The number of methoxy groups -OCH3 is 1. The van der Waals surface area contributed by atoms with Gasteiger partial charge in [-0.2, -0.15) is 5.26 Å². The van der Waals surface area contributed by atoms with Gasteiger partial charge in [-0.05, 0) is 29.8 Å². The molecule has 0 bridgehead atoms. The Balaban J connectivity index is 2.46. The number of fused-ring (bicyclic) bond motifs is 1. The largest absolute Gasteiger partial charge is 0.493 e. The van der Waals surface area contributed by atoms with Crippen LogP contribution in [-0.4, -0.2) is 32.8 Å². The third kappa shape index (κ3) is 4.12. The van der Waals surface area contributed by atoms with E-state index in [0.29, 0.717) is 25.5 Å². The number of carbonyl (C=O) groups is 1. The normalized spacial score (nSPS) is 11.1. The Morgan fingerprint density at radius 1 is 1.29 bits per heavy atom. The molecule has 0 saturated heterocycles. The standard InChI is InChI=1S/C19H20N2O3/c1-3-24-18-9-8-14-6-4-5-7-16(14)17(18)12-15(13-20)19(22)21-10-11-23-2/h4-9,12H,3,10-11H2,1-2H3,(H,21,22). The maximum absolute atomic E-state index is 12.2. The van der Waals surface area contributed by atoms with Crippen LogP contribution >= 0.6 is 0 Å². The number of hydrogen-bond acceptors (Lipinski definition) is 4. The van der Waals surface area contributed by atoms with Gasteiger partial charge in [0.25, 0.3) is 5.91 Å². The molecule has 0 fully saturated rings. The molecular formula is C19H20N2O3. The Morgan fingerprint density at radius 2 is 2.08 bits per heavy atom. The summed E-state index contributed by atoms with van der Waals surface area (Å²) in [6.45, 7) is 3.14. The number of nitrogens with zero attached hydrogens (tertiary/aromatic N) is 1. The fourth-order valence-electron chi connectivity index (χ4n) is 2.36. The number of benzene rings is 2. The number of nitriles is 1. The highest BCUT2D eigenvalue weighted by Crippen LogP contribution is 2.30. The van der Waals surface area contributed by atoms with Gasteiger partial charge in [-0.25, -0.2) is 0 Å². The number of rotatable bonds is 7. The van der Waals surface area contributed by atoms with Crippen molar-refractivity contribution >= 4 is 22.8 Å². The molecule has 5 nitrogen and oxygen atoms in total. The van der Waals surface area contributed by atoms with E-state index < -0.39 is 5.91 Å². The number of hydrogen-bond donors (Lipinski definition) is 1. The fraction of sp³-hybridized carbons (Fsp3) is 0.263. The molecule has 0 spiro atoms. The second kappa shape index (κ2) is 8.70. The van der Waals surface area contributed by atoms with Gasteiger partial charge in [-0.3, -0.25) is 4.79 Å². The Morgan fingerprint density at radius 3 is 2.79 bits per heavy atom. The summed E-state index contributed by atoms with van der Waals surface area (Å²) in [5.74, 6) is 0.221. The molecule has 0 atom stereocenters. The van der Waals surface area contributed by atoms with E-state index in [-0.39, 0.29) is 5.57 Å². The van der Waals surface area contributed by atoms with Gasteiger partial charge < -0.3 is 14.8 Å². The molecule has 0 aliphatic rings. The van der Waals surface area contributed by atoms with E-state index in [0.717, 1.165) is 16.3 Å². The molecule has 2 aromatic carbocycles. The highest BCUT2D eigenvalue weighted by molar-refractivity contribution is 6.04. The lowest BCUT2D eigenvalue weighted by atomic mass is 10.0. The van der Waals surface area contributed by atoms with E-state index in [2.05, 4.69) is 5.32 Å². The summed E-state index contributed by atoms with van der Waals surface area (Å²) in [6.07, 6.45) is 1.58. The van der Waals surface area contributed by atoms with E-state index in [1.807, 2.05) is 49.4 Å². The van der Waals surface area contributed by atoms with Gasteiger partial charge in [-0.15, -0.1) is 0 Å². The first-order valence-corrected chi connectivity index (χ1v) is 7.74. The van der Waals surface area contributed by atoms with Crippen molar-refractivity contribution < 1.29 is 14.3 Å². The first kappa shape index (κ1) is 17.5. The monoisotopic (exact) mass is 324 g/mol. The maximum Gasteiger partial charge on any atom is 0.262 e. The topological polar surface area (TPSA) is 71.3 Å². The second-order valence-electron chi connectivity index (χ2n) is 5.05. The van der Waals surface area contributed by atoms with Gasteiger partial charge in [0.2, 0.25) is 0 Å². The summed E-state index contributed by atoms with van der Waals surface area (Å²) in [5.41, 5.74) is 0.761. The highest BCUT2D eigenvalue weighted by atomic mass is 16.5. The van der Waals surface area contributed by atoms with Gasteiger partial charge >= 0.3 is 0 Å². The second-order valence-corrected chi connectivity index (χ2v) is 5.05. The van der Waals surface area contributed by atoms with Crippen LogP contribution in [0.15, 0.2) is 42.0 Å². The molecule has 2 rings (SSSR count). The van der Waals surface area contributed by atoms with Crippen molar-refractivity contribution in [1.29, 1.82) is 5.26 Å². The molecule has 0 aromatic heterocycles. The van der Waals surface area contributed by atoms with Crippen molar-refractivity contribution in [2.45, 2.75) is 6.92 Å². The summed E-state index contributed by atoms with van der Waals surface area (Å²) >= 11 is 0. The van der Waals surface area contributed by atoms with Crippen molar-refractivity contribution in [1.82, 2.24) is 5.32 Å². The molecule has 5 heteroatoms. The van der Waals surface area contributed by atoms with Crippen molar-refractivity contribution in [2.75, 3.05) is 26.9 Å². The van der Waals surface area contributed by atoms with E-state index in [1.165, 1.54) is 0 Å². The van der Waals surface area contributed by atoms with E-state index in [4.69, 9.17) is 9.47 Å². The lowest BCUT2D eigenvalue weighted by Gasteiger charge is -2.11. The minimum Gasteiger partial charge on any atom is -0.493 e. The molecule has 0 radical (unpaired) electrons. The molecular weight excluding hydrogens is 304 g/mol. The van der Waals surface area contributed by atoms with Crippen LogP contribution in [0.3, 0.4) is 0 Å². The molecule has 124 valence electrons. The number of carbonyl (C=O) groups excluding carboxylic acids is 1. The molecule has 0 heterocycles. The predicted octanol–water partition coefficient (Wildman–Crippen LogP) is 2.91. The molecule has 2 aromatic rings. The lowest BCUT2D eigenvalue weighted by Crippen LogP contribution is -2.27. The maximum atomic E-state index is 12.2. The number of amides is 1. The Kier molecular flexibility index (Phi) is 6.35. The third-order valence-electron chi connectivity index (χ3n) is 3.48. The van der Waals surface area contributed by atoms with Crippen molar-refractivity contribution in [3.05, 3.63) is 47.5 Å². The first-order chi connectivity index (χ1) is 11.7. The molecule has 0 unspecified atom stereocenters.